The largest absolute Gasteiger partial charge is 0.444 e. The summed E-state index contributed by atoms with van der Waals surface area (Å²) in [6.45, 7) is 6.31. The molecule has 0 aromatic carbocycles. The van der Waals surface area contributed by atoms with E-state index in [4.69, 9.17) is 4.74 Å². The zero-order valence-electron chi connectivity index (χ0n) is 16.1. The van der Waals surface area contributed by atoms with Crippen molar-refractivity contribution in [2.45, 2.75) is 58.5 Å². The van der Waals surface area contributed by atoms with Crippen LogP contribution in [0.25, 0.3) is 0 Å². The molecule has 2 heterocycles. The Bertz CT molecular complexity index is 716. The highest BCUT2D eigenvalue weighted by Gasteiger charge is 2.31. The molecule has 1 saturated heterocycles. The predicted molar refractivity (Wildman–Crippen MR) is 102 cm³/mol. The van der Waals surface area contributed by atoms with Crippen LogP contribution in [-0.4, -0.2) is 41.5 Å². The monoisotopic (exact) mass is 393 g/mol. The summed E-state index contributed by atoms with van der Waals surface area (Å²) in [7, 11) is 0. The van der Waals surface area contributed by atoms with E-state index in [2.05, 4.69) is 10.9 Å². The molecular weight excluding hydrogens is 366 g/mol. The van der Waals surface area contributed by atoms with E-state index >= 15 is 0 Å². The Morgan fingerprint density at radius 3 is 2.67 bits per heavy atom. The maximum Gasteiger partial charge on any atom is 0.410 e. The van der Waals surface area contributed by atoms with E-state index in [0.717, 1.165) is 25.7 Å². The van der Waals surface area contributed by atoms with Crippen LogP contribution in [0.3, 0.4) is 0 Å². The summed E-state index contributed by atoms with van der Waals surface area (Å²) in [5, 5.41) is 0. The van der Waals surface area contributed by atoms with E-state index in [9.17, 15) is 14.4 Å². The normalized spacial score (nSPS) is 19.4. The Hall–Kier alpha value is -2.09. The van der Waals surface area contributed by atoms with Gasteiger partial charge in [0.2, 0.25) is 5.91 Å². The highest BCUT2D eigenvalue weighted by atomic mass is 32.1. The maximum absolute atomic E-state index is 12.4. The van der Waals surface area contributed by atoms with Crippen LogP contribution in [0.15, 0.2) is 6.07 Å². The average Bonchev–Trinajstić information content (AvgIpc) is 3.20. The minimum atomic E-state index is -0.568. The lowest BCUT2D eigenvalue weighted by molar-refractivity contribution is -0.127. The molecule has 1 aliphatic carbocycles. The number of nitrogens with zero attached hydrogens (tertiary/aromatic N) is 1. The SMILES string of the molecule is CC(C)(C)OC(=O)N1CCC[C@H](C(=O)NNC(=O)c2cc3c(s2)CCC3)C1. The highest BCUT2D eigenvalue weighted by molar-refractivity contribution is 7.14. The third kappa shape index (κ3) is 5.00. The summed E-state index contributed by atoms with van der Waals surface area (Å²) in [6.07, 6.45) is 4.19. The number of nitrogens with one attached hydrogen (secondary N) is 2. The fourth-order valence-corrected chi connectivity index (χ4v) is 4.56. The Morgan fingerprint density at radius 1 is 1.19 bits per heavy atom. The number of aryl methyl sites for hydroxylation is 2. The molecule has 1 atom stereocenters. The zero-order chi connectivity index (χ0) is 19.6. The second kappa shape index (κ2) is 7.88. The first-order valence-electron chi connectivity index (χ1n) is 9.42. The number of amides is 3. The third-order valence-corrected chi connectivity index (χ3v) is 5.95. The smallest absolute Gasteiger partial charge is 0.410 e. The van der Waals surface area contributed by atoms with Gasteiger partial charge < -0.3 is 9.64 Å². The molecule has 2 aliphatic rings. The summed E-state index contributed by atoms with van der Waals surface area (Å²) >= 11 is 1.49. The molecule has 8 heteroatoms. The number of likely N-dealkylation sites (tertiary alicyclic amines) is 1. The van der Waals surface area contributed by atoms with Crippen LogP contribution in [0.2, 0.25) is 0 Å². The minimum Gasteiger partial charge on any atom is -0.444 e. The molecule has 148 valence electrons. The Kier molecular flexibility index (Phi) is 5.74. The molecule has 27 heavy (non-hydrogen) atoms. The molecule has 2 N–H and O–H groups in total. The van der Waals surface area contributed by atoms with E-state index in [0.29, 0.717) is 24.4 Å². The van der Waals surface area contributed by atoms with Gasteiger partial charge in [-0.1, -0.05) is 0 Å². The van der Waals surface area contributed by atoms with Crippen LogP contribution in [-0.2, 0) is 22.4 Å². The number of hydrogen-bond donors (Lipinski definition) is 2. The predicted octanol–water partition coefficient (Wildman–Crippen LogP) is 2.64. The number of rotatable bonds is 2. The van der Waals surface area contributed by atoms with Gasteiger partial charge in [-0.15, -0.1) is 11.3 Å². The van der Waals surface area contributed by atoms with Crippen molar-refractivity contribution < 1.29 is 19.1 Å². The van der Waals surface area contributed by atoms with Crippen LogP contribution in [0.4, 0.5) is 4.79 Å². The fraction of sp³-hybridized carbons (Fsp3) is 0.632. The molecule has 7 nitrogen and oxygen atoms in total. The Balaban J connectivity index is 1.49. The van der Waals surface area contributed by atoms with Gasteiger partial charge in [0.05, 0.1) is 10.8 Å². The number of fused-ring (bicyclic) bond motifs is 1. The standard InChI is InChI=1S/C19H27N3O4S/c1-19(2,3)26-18(25)22-9-5-7-13(11-22)16(23)20-21-17(24)15-10-12-6-4-8-14(12)27-15/h10,13H,4-9,11H2,1-3H3,(H,20,23)(H,21,24)/t13-/m0/s1. The molecule has 0 spiro atoms. The number of thiophene rings is 1. The van der Waals surface area contributed by atoms with Crippen LogP contribution in [0.1, 0.15) is 60.1 Å². The molecule has 0 radical (unpaired) electrons. The quantitative estimate of drug-likeness (QED) is 0.756. The van der Waals surface area contributed by atoms with Crippen molar-refractivity contribution in [3.8, 4) is 0 Å². The van der Waals surface area contributed by atoms with E-state index in [1.54, 1.807) is 4.90 Å². The number of hydrogen-bond acceptors (Lipinski definition) is 5. The van der Waals surface area contributed by atoms with Gasteiger partial charge in [0, 0.05) is 18.0 Å². The Labute approximate surface area is 163 Å². The van der Waals surface area contributed by atoms with Crippen LogP contribution >= 0.6 is 11.3 Å². The first kappa shape index (κ1) is 19.7. The maximum atomic E-state index is 12.4. The van der Waals surface area contributed by atoms with Crippen molar-refractivity contribution in [3.05, 3.63) is 21.4 Å². The molecule has 1 aliphatic heterocycles. The lowest BCUT2D eigenvalue weighted by atomic mass is 9.98. The second-order valence-electron chi connectivity index (χ2n) is 8.12. The number of hydrazine groups is 1. The van der Waals surface area contributed by atoms with Crippen molar-refractivity contribution in [2.75, 3.05) is 13.1 Å². The van der Waals surface area contributed by atoms with Crippen molar-refractivity contribution in [1.82, 2.24) is 15.8 Å². The lowest BCUT2D eigenvalue weighted by Crippen LogP contribution is -2.50. The van der Waals surface area contributed by atoms with Gasteiger partial charge in [-0.2, -0.15) is 0 Å². The lowest BCUT2D eigenvalue weighted by Gasteiger charge is -2.33. The number of ether oxygens (including phenoxy) is 1. The van der Waals surface area contributed by atoms with E-state index in [1.807, 2.05) is 26.8 Å². The summed E-state index contributed by atoms with van der Waals surface area (Å²) in [5.41, 5.74) is 5.70. The van der Waals surface area contributed by atoms with E-state index in [1.165, 1.54) is 21.8 Å². The average molecular weight is 394 g/mol. The molecule has 1 aromatic rings. The molecule has 3 rings (SSSR count). The topological polar surface area (TPSA) is 87.7 Å². The van der Waals surface area contributed by atoms with Gasteiger partial charge in [-0.3, -0.25) is 20.4 Å². The van der Waals surface area contributed by atoms with Gasteiger partial charge in [0.25, 0.3) is 5.91 Å². The summed E-state index contributed by atoms with van der Waals surface area (Å²) in [4.78, 5) is 40.4. The Morgan fingerprint density at radius 2 is 1.96 bits per heavy atom. The molecule has 0 bridgehead atoms. The summed E-state index contributed by atoms with van der Waals surface area (Å²) in [5.74, 6) is -0.928. The summed E-state index contributed by atoms with van der Waals surface area (Å²) < 4.78 is 5.38. The third-order valence-electron chi connectivity index (χ3n) is 4.71. The van der Waals surface area contributed by atoms with Crippen LogP contribution < -0.4 is 10.9 Å². The molecule has 0 saturated carbocycles. The van der Waals surface area contributed by atoms with Gasteiger partial charge >= 0.3 is 6.09 Å². The van der Waals surface area contributed by atoms with Crippen molar-refractivity contribution in [3.63, 3.8) is 0 Å². The molecule has 1 aromatic heterocycles. The van der Waals surface area contributed by atoms with Crippen molar-refractivity contribution >= 4 is 29.2 Å². The molecule has 1 fully saturated rings. The van der Waals surface area contributed by atoms with Gasteiger partial charge in [-0.25, -0.2) is 4.79 Å². The molecular formula is C19H27N3O4S. The minimum absolute atomic E-state index is 0.277. The number of carbonyl (C=O) groups is 3. The van der Waals surface area contributed by atoms with E-state index < -0.39 is 11.7 Å². The highest BCUT2D eigenvalue weighted by Crippen LogP contribution is 2.30. The van der Waals surface area contributed by atoms with Crippen LogP contribution in [0.5, 0.6) is 0 Å². The first-order chi connectivity index (χ1) is 12.7. The fourth-order valence-electron chi connectivity index (χ4n) is 3.41. The van der Waals surface area contributed by atoms with Gasteiger partial charge in [-0.05, 0) is 64.5 Å². The van der Waals surface area contributed by atoms with Crippen molar-refractivity contribution in [2.24, 2.45) is 5.92 Å². The number of piperidine rings is 1. The second-order valence-corrected chi connectivity index (χ2v) is 9.26. The number of carbonyl (C=O) groups excluding carboxylic acids is 3. The van der Waals surface area contributed by atoms with Gasteiger partial charge in [0.15, 0.2) is 0 Å². The molecule has 0 unspecified atom stereocenters. The van der Waals surface area contributed by atoms with Crippen LogP contribution in [0, 0.1) is 5.92 Å². The zero-order valence-corrected chi connectivity index (χ0v) is 16.9. The first-order valence-corrected chi connectivity index (χ1v) is 10.2. The summed E-state index contributed by atoms with van der Waals surface area (Å²) in [6, 6.07) is 1.92. The van der Waals surface area contributed by atoms with E-state index in [-0.39, 0.29) is 17.7 Å². The molecule has 3 amide bonds. The van der Waals surface area contributed by atoms with Gasteiger partial charge in [0.1, 0.15) is 5.60 Å². The van der Waals surface area contributed by atoms with Crippen molar-refractivity contribution in [1.29, 1.82) is 0 Å².